The van der Waals surface area contributed by atoms with E-state index in [-0.39, 0.29) is 5.91 Å². The first-order chi connectivity index (χ1) is 16.1. The topological polar surface area (TPSA) is 67.2 Å². The zero-order chi connectivity index (χ0) is 22.4. The van der Waals surface area contributed by atoms with E-state index < -0.39 is 0 Å². The Hall–Kier alpha value is -2.75. The van der Waals surface area contributed by atoms with Crippen LogP contribution in [0.1, 0.15) is 30.4 Å². The van der Waals surface area contributed by atoms with Crippen molar-refractivity contribution in [3.05, 3.63) is 71.7 Å². The van der Waals surface area contributed by atoms with Gasteiger partial charge in [0.05, 0.1) is 11.4 Å². The first kappa shape index (κ1) is 20.8. The number of rotatable bonds is 4. The van der Waals surface area contributed by atoms with Crippen molar-refractivity contribution >= 4 is 17.7 Å². The van der Waals surface area contributed by atoms with Gasteiger partial charge < -0.3 is 4.90 Å². The third-order valence-electron chi connectivity index (χ3n) is 7.04. The number of aromatic nitrogens is 4. The van der Waals surface area contributed by atoms with E-state index >= 15 is 0 Å². The number of aryl methyl sites for hydroxylation is 1. The maximum Gasteiger partial charge on any atom is 0.256 e. The van der Waals surface area contributed by atoms with Crippen LogP contribution in [0.15, 0.2) is 60.1 Å². The van der Waals surface area contributed by atoms with Crippen molar-refractivity contribution in [2.45, 2.75) is 25.7 Å². The number of amides is 1. The van der Waals surface area contributed by atoms with Crippen molar-refractivity contribution in [3.8, 4) is 5.82 Å². The SMILES string of the molecule is Cc1nc(C2CCN([N@@+]34C=CC=C3C=C(C(=O)N3CCSC3)C4)CC2)n(-c2ccccn2)n1. The summed E-state index contributed by atoms with van der Waals surface area (Å²) in [6, 6.07) is 5.88. The van der Waals surface area contributed by atoms with Crippen LogP contribution < -0.4 is 0 Å². The molecule has 6 heterocycles. The Morgan fingerprint density at radius 2 is 2.09 bits per heavy atom. The van der Waals surface area contributed by atoms with Gasteiger partial charge in [0.2, 0.25) is 0 Å². The number of pyridine rings is 1. The van der Waals surface area contributed by atoms with E-state index in [0.29, 0.717) is 10.5 Å². The summed E-state index contributed by atoms with van der Waals surface area (Å²) in [6.07, 6.45) is 12.4. The Balaban J connectivity index is 1.18. The fourth-order valence-corrected chi connectivity index (χ4v) is 6.32. The van der Waals surface area contributed by atoms with Gasteiger partial charge in [-0.1, -0.05) is 6.07 Å². The van der Waals surface area contributed by atoms with Crippen LogP contribution in [0.3, 0.4) is 0 Å². The molecular weight excluding hydrogens is 434 g/mol. The number of nitrogens with zero attached hydrogens (tertiary/aromatic N) is 7. The van der Waals surface area contributed by atoms with Crippen molar-refractivity contribution in [2.24, 2.45) is 0 Å². The van der Waals surface area contributed by atoms with Gasteiger partial charge in [-0.25, -0.2) is 9.97 Å². The summed E-state index contributed by atoms with van der Waals surface area (Å²) < 4.78 is 2.56. The molecular formula is C24H28N7OS+. The quantitative estimate of drug-likeness (QED) is 0.651. The molecule has 1 amide bonds. The highest BCUT2D eigenvalue weighted by molar-refractivity contribution is 7.99. The lowest BCUT2D eigenvalue weighted by atomic mass is 9.96. The summed E-state index contributed by atoms with van der Waals surface area (Å²) in [4.78, 5) is 24.3. The van der Waals surface area contributed by atoms with Gasteiger partial charge >= 0.3 is 0 Å². The van der Waals surface area contributed by atoms with Gasteiger partial charge in [0, 0.05) is 49.7 Å². The number of hydrogen-bond donors (Lipinski definition) is 0. The molecule has 2 aromatic heterocycles. The molecule has 0 saturated carbocycles. The minimum atomic E-state index is 0.204. The minimum absolute atomic E-state index is 0.204. The Morgan fingerprint density at radius 1 is 1.21 bits per heavy atom. The number of carbonyl (C=O) groups is 1. The summed E-state index contributed by atoms with van der Waals surface area (Å²) in [5, 5.41) is 7.13. The number of carbonyl (C=O) groups excluding carboxylic acids is 1. The van der Waals surface area contributed by atoms with Gasteiger partial charge in [0.1, 0.15) is 24.4 Å². The predicted octanol–water partition coefficient (Wildman–Crippen LogP) is 2.77. The van der Waals surface area contributed by atoms with E-state index in [1.807, 2.05) is 46.5 Å². The number of quaternary nitrogens is 1. The molecule has 0 spiro atoms. The Morgan fingerprint density at radius 3 is 2.85 bits per heavy atom. The number of thioether (sulfide) groups is 1. The Kier molecular flexibility index (Phi) is 5.20. The van der Waals surface area contributed by atoms with Gasteiger partial charge in [-0.3, -0.25) is 4.79 Å². The predicted molar refractivity (Wildman–Crippen MR) is 127 cm³/mol. The molecule has 8 nitrogen and oxygen atoms in total. The zero-order valence-corrected chi connectivity index (χ0v) is 19.6. The van der Waals surface area contributed by atoms with Crippen molar-refractivity contribution < 1.29 is 9.39 Å². The lowest BCUT2D eigenvalue weighted by molar-refractivity contribution is -0.949. The number of piperidine rings is 1. The van der Waals surface area contributed by atoms with E-state index in [1.54, 1.807) is 6.20 Å². The van der Waals surface area contributed by atoms with Crippen LogP contribution in [0.2, 0.25) is 0 Å². The maximum absolute atomic E-state index is 13.1. The Bertz CT molecular complexity index is 1160. The lowest BCUT2D eigenvalue weighted by Gasteiger charge is -2.42. The summed E-state index contributed by atoms with van der Waals surface area (Å²) >= 11 is 1.83. The normalized spacial score (nSPS) is 25.4. The minimum Gasteiger partial charge on any atom is -0.329 e. The average Bonchev–Trinajstić information content (AvgIpc) is 3.62. The molecule has 170 valence electrons. The zero-order valence-electron chi connectivity index (χ0n) is 18.8. The maximum atomic E-state index is 13.1. The summed E-state index contributed by atoms with van der Waals surface area (Å²) in [6.45, 7) is 5.40. The van der Waals surface area contributed by atoms with Crippen LogP contribution in [0.5, 0.6) is 0 Å². The summed E-state index contributed by atoms with van der Waals surface area (Å²) in [5.41, 5.74) is 2.14. The molecule has 0 aliphatic carbocycles. The van der Waals surface area contributed by atoms with Gasteiger partial charge in [-0.2, -0.15) is 9.27 Å². The molecule has 0 N–H and O–H groups in total. The van der Waals surface area contributed by atoms with Crippen LogP contribution in [0.4, 0.5) is 0 Å². The van der Waals surface area contributed by atoms with E-state index in [1.165, 1.54) is 5.70 Å². The van der Waals surface area contributed by atoms with E-state index in [0.717, 1.165) is 73.7 Å². The third-order valence-corrected chi connectivity index (χ3v) is 8.01. The molecule has 2 fully saturated rings. The van der Waals surface area contributed by atoms with Gasteiger partial charge in [-0.05, 0) is 38.0 Å². The summed E-state index contributed by atoms with van der Waals surface area (Å²) in [5.74, 6) is 4.98. The molecule has 9 heteroatoms. The van der Waals surface area contributed by atoms with Crippen LogP contribution in [0.25, 0.3) is 5.82 Å². The second kappa shape index (κ2) is 8.23. The standard InChI is InChI=1S/C24H28N7OS/c1-18-26-23(30(27-18)22-6-2-3-9-25-22)19-7-10-29(11-8-19)31-13-4-5-21(31)15-20(16-31)24(32)28-12-14-33-17-28/h2-6,9,13,15,19H,7-8,10-12,14,16-17H2,1H3/q+1/t31-/m1/s1. The monoisotopic (exact) mass is 462 g/mol. The highest BCUT2D eigenvalue weighted by atomic mass is 32.2. The molecule has 6 rings (SSSR count). The van der Waals surface area contributed by atoms with Crippen molar-refractivity contribution in [3.63, 3.8) is 0 Å². The molecule has 33 heavy (non-hydrogen) atoms. The highest BCUT2D eigenvalue weighted by Gasteiger charge is 2.48. The highest BCUT2D eigenvalue weighted by Crippen LogP contribution is 2.40. The first-order valence-corrected chi connectivity index (χ1v) is 12.8. The molecule has 1 atom stereocenters. The fourth-order valence-electron chi connectivity index (χ4n) is 5.38. The average molecular weight is 463 g/mol. The van der Waals surface area contributed by atoms with Gasteiger partial charge in [-0.15, -0.1) is 21.9 Å². The van der Waals surface area contributed by atoms with E-state index in [9.17, 15) is 4.79 Å². The van der Waals surface area contributed by atoms with Crippen molar-refractivity contribution in [1.29, 1.82) is 0 Å². The molecule has 0 radical (unpaired) electrons. The number of hydrogen-bond acceptors (Lipinski definition) is 6. The number of fused-ring (bicyclic) bond motifs is 1. The van der Waals surface area contributed by atoms with Gasteiger partial charge in [0.25, 0.3) is 5.91 Å². The lowest BCUT2D eigenvalue weighted by Crippen LogP contribution is -2.56. The fraction of sp³-hybridized carbons (Fsp3) is 0.417. The molecule has 0 unspecified atom stereocenters. The Labute approximate surface area is 197 Å². The summed E-state index contributed by atoms with van der Waals surface area (Å²) in [7, 11) is 0. The number of allylic oxidation sites excluding steroid dienone is 3. The molecule has 2 saturated heterocycles. The molecule has 0 bridgehead atoms. The van der Waals surface area contributed by atoms with Crippen LogP contribution in [-0.2, 0) is 4.79 Å². The smallest absolute Gasteiger partial charge is 0.256 e. The van der Waals surface area contributed by atoms with E-state index in [2.05, 4.69) is 39.5 Å². The van der Waals surface area contributed by atoms with Crippen LogP contribution in [0, 0.1) is 6.92 Å². The molecule has 0 aromatic carbocycles. The molecule has 2 aromatic rings. The molecule has 4 aliphatic heterocycles. The first-order valence-electron chi connectivity index (χ1n) is 11.6. The largest absolute Gasteiger partial charge is 0.329 e. The van der Waals surface area contributed by atoms with E-state index in [4.69, 9.17) is 4.98 Å². The molecule has 4 aliphatic rings. The second-order valence-electron chi connectivity index (χ2n) is 9.04. The van der Waals surface area contributed by atoms with Crippen LogP contribution >= 0.6 is 11.8 Å². The second-order valence-corrected chi connectivity index (χ2v) is 10.1. The van der Waals surface area contributed by atoms with Crippen molar-refractivity contribution in [1.82, 2.24) is 29.7 Å². The third kappa shape index (κ3) is 3.55. The van der Waals surface area contributed by atoms with Gasteiger partial charge in [0.15, 0.2) is 11.5 Å². The van der Waals surface area contributed by atoms with Crippen LogP contribution in [-0.4, -0.2) is 78.0 Å². The van der Waals surface area contributed by atoms with Crippen molar-refractivity contribution in [2.75, 3.05) is 37.8 Å².